The van der Waals surface area contributed by atoms with E-state index in [2.05, 4.69) is 43.8 Å². The molecule has 5 rings (SSSR count). The van der Waals surface area contributed by atoms with Gasteiger partial charge in [0.1, 0.15) is 16.6 Å². The molecule has 0 bridgehead atoms. The standard InChI is InChI=1S/C40H52ClN5O5Si/c1-39(2,3)50-38(49)46-29(20-21-32(46)35(28-19-22-33(41)42-24-28)51-52(9,10)40(4,5)6)23-26-15-17-27(18-16-26)36(47)44(7)25-34-43-31-14-12-11-13-30(31)37(48)45(34)8/h11-19,22,24,29,32,35H,20-21,23,25H2,1-10H3/t29-,32+,35+/m0/s1. The van der Waals surface area contributed by atoms with Gasteiger partial charge in [0.25, 0.3) is 11.5 Å². The van der Waals surface area contributed by atoms with E-state index in [-0.39, 0.29) is 41.2 Å². The smallest absolute Gasteiger partial charge is 0.410 e. The minimum atomic E-state index is -2.31. The lowest BCUT2D eigenvalue weighted by molar-refractivity contribution is -0.00244. The fourth-order valence-corrected chi connectivity index (χ4v) is 7.79. The van der Waals surface area contributed by atoms with Gasteiger partial charge in [-0.3, -0.25) is 19.1 Å². The normalized spacial score (nSPS) is 17.3. The van der Waals surface area contributed by atoms with Crippen molar-refractivity contribution in [1.29, 1.82) is 0 Å². The average molecular weight is 746 g/mol. The van der Waals surface area contributed by atoms with E-state index in [0.717, 1.165) is 24.0 Å². The molecule has 2 aromatic heterocycles. The Hall–Kier alpha value is -4.06. The molecule has 278 valence electrons. The van der Waals surface area contributed by atoms with E-state index in [4.69, 9.17) is 20.8 Å². The fourth-order valence-electron chi connectivity index (χ4n) is 6.39. The van der Waals surface area contributed by atoms with E-state index < -0.39 is 20.0 Å². The first-order chi connectivity index (χ1) is 24.3. The summed E-state index contributed by atoms with van der Waals surface area (Å²) in [5.41, 5.74) is 2.15. The molecular weight excluding hydrogens is 694 g/mol. The summed E-state index contributed by atoms with van der Waals surface area (Å²) >= 11 is 6.20. The minimum absolute atomic E-state index is 0.0598. The summed E-state index contributed by atoms with van der Waals surface area (Å²) in [6.45, 7) is 16.8. The molecule has 1 aliphatic rings. The number of para-hydroxylation sites is 1. The van der Waals surface area contributed by atoms with Gasteiger partial charge in [0.15, 0.2) is 8.32 Å². The SMILES string of the molecule is CN(Cc1nc2ccccc2c(=O)n1C)C(=O)c1ccc(C[C@@H]2CC[C@H]([C@H](O[Si](C)(C)C(C)(C)C)c3ccc(Cl)nc3)N2C(=O)OC(C)(C)C)cc1. The number of nitrogens with zero attached hydrogens (tertiary/aromatic N) is 5. The van der Waals surface area contributed by atoms with Crippen LogP contribution in [-0.2, 0) is 29.2 Å². The van der Waals surface area contributed by atoms with E-state index in [0.29, 0.717) is 33.9 Å². The predicted octanol–water partition coefficient (Wildman–Crippen LogP) is 8.33. The Kier molecular flexibility index (Phi) is 11.4. The minimum Gasteiger partial charge on any atom is -0.444 e. The molecule has 4 aromatic rings. The van der Waals surface area contributed by atoms with Crippen LogP contribution in [0.25, 0.3) is 10.9 Å². The zero-order chi connectivity index (χ0) is 38.2. The summed E-state index contributed by atoms with van der Waals surface area (Å²) in [4.78, 5) is 52.9. The van der Waals surface area contributed by atoms with Crippen molar-refractivity contribution in [1.82, 2.24) is 24.3 Å². The number of rotatable bonds is 9. The van der Waals surface area contributed by atoms with Crippen LogP contribution in [-0.4, -0.2) is 69.4 Å². The van der Waals surface area contributed by atoms with Crippen molar-refractivity contribution in [2.24, 2.45) is 7.05 Å². The molecule has 52 heavy (non-hydrogen) atoms. The molecule has 12 heteroatoms. The number of aromatic nitrogens is 3. The molecule has 2 amide bonds. The number of hydrogen-bond acceptors (Lipinski definition) is 7. The van der Waals surface area contributed by atoms with Gasteiger partial charge in [0.2, 0.25) is 0 Å². The third kappa shape index (κ3) is 8.75. The number of halogens is 1. The molecule has 1 fully saturated rings. The van der Waals surface area contributed by atoms with E-state index >= 15 is 0 Å². The number of carbonyl (C=O) groups is 2. The molecule has 0 N–H and O–H groups in total. The molecule has 1 aliphatic heterocycles. The molecule has 3 atom stereocenters. The highest BCUT2D eigenvalue weighted by atomic mass is 35.5. The zero-order valence-electron chi connectivity index (χ0n) is 32.1. The third-order valence-corrected chi connectivity index (χ3v) is 15.0. The summed E-state index contributed by atoms with van der Waals surface area (Å²) in [7, 11) is 1.07. The first kappa shape index (κ1) is 39.2. The second-order valence-electron chi connectivity index (χ2n) is 16.4. The Morgan fingerprint density at radius 2 is 1.67 bits per heavy atom. The second-order valence-corrected chi connectivity index (χ2v) is 21.5. The predicted molar refractivity (Wildman–Crippen MR) is 208 cm³/mol. The van der Waals surface area contributed by atoms with Crippen LogP contribution in [0.3, 0.4) is 0 Å². The Bertz CT molecular complexity index is 1970. The Morgan fingerprint density at radius 3 is 2.29 bits per heavy atom. The average Bonchev–Trinajstić information content (AvgIpc) is 3.48. The lowest BCUT2D eigenvalue weighted by Gasteiger charge is -2.43. The maximum absolute atomic E-state index is 14.1. The van der Waals surface area contributed by atoms with Crippen LogP contribution < -0.4 is 5.56 Å². The van der Waals surface area contributed by atoms with Crippen molar-refractivity contribution in [3.8, 4) is 0 Å². The van der Waals surface area contributed by atoms with Gasteiger partial charge in [-0.1, -0.05) is 62.7 Å². The summed E-state index contributed by atoms with van der Waals surface area (Å²) in [6, 6.07) is 18.0. The highest BCUT2D eigenvalue weighted by Crippen LogP contribution is 2.44. The first-order valence-corrected chi connectivity index (χ1v) is 21.1. The lowest BCUT2D eigenvalue weighted by Crippen LogP contribution is -2.50. The van der Waals surface area contributed by atoms with Crippen LogP contribution in [0.4, 0.5) is 4.79 Å². The van der Waals surface area contributed by atoms with Crippen LogP contribution in [0.5, 0.6) is 0 Å². The molecule has 0 aliphatic carbocycles. The van der Waals surface area contributed by atoms with Gasteiger partial charge in [0.05, 0.1) is 29.6 Å². The van der Waals surface area contributed by atoms with Crippen molar-refractivity contribution < 1.29 is 18.8 Å². The summed E-state index contributed by atoms with van der Waals surface area (Å²) in [6.07, 6.45) is 3.01. The van der Waals surface area contributed by atoms with Crippen LogP contribution in [0, 0.1) is 0 Å². The van der Waals surface area contributed by atoms with Gasteiger partial charge in [-0.2, -0.15) is 0 Å². The summed E-state index contributed by atoms with van der Waals surface area (Å²) in [5, 5.41) is 0.875. The Labute approximate surface area is 313 Å². The van der Waals surface area contributed by atoms with Crippen LogP contribution in [0.1, 0.15) is 87.8 Å². The number of amides is 2. The topological polar surface area (TPSA) is 107 Å². The maximum atomic E-state index is 14.1. The molecule has 1 saturated heterocycles. The van der Waals surface area contributed by atoms with E-state index in [9.17, 15) is 14.4 Å². The van der Waals surface area contributed by atoms with Crippen LogP contribution in [0.15, 0.2) is 71.7 Å². The van der Waals surface area contributed by atoms with E-state index in [1.54, 1.807) is 43.4 Å². The first-order valence-electron chi connectivity index (χ1n) is 17.9. The van der Waals surface area contributed by atoms with Gasteiger partial charge in [0, 0.05) is 37.5 Å². The number of fused-ring (bicyclic) bond motifs is 1. The van der Waals surface area contributed by atoms with Crippen molar-refractivity contribution in [2.75, 3.05) is 7.05 Å². The molecule has 10 nitrogen and oxygen atoms in total. The van der Waals surface area contributed by atoms with Gasteiger partial charge in [-0.05, 0) is 94.1 Å². The largest absolute Gasteiger partial charge is 0.444 e. The van der Waals surface area contributed by atoms with Crippen molar-refractivity contribution >= 4 is 42.8 Å². The highest BCUT2D eigenvalue weighted by Gasteiger charge is 2.48. The van der Waals surface area contributed by atoms with Crippen LogP contribution >= 0.6 is 11.6 Å². The summed E-state index contributed by atoms with van der Waals surface area (Å²) in [5.74, 6) is 0.312. The van der Waals surface area contributed by atoms with Crippen LogP contribution in [0.2, 0.25) is 23.3 Å². The van der Waals surface area contributed by atoms with Crippen molar-refractivity contribution in [2.45, 2.75) is 109 Å². The summed E-state index contributed by atoms with van der Waals surface area (Å²) < 4.78 is 14.6. The molecule has 3 heterocycles. The maximum Gasteiger partial charge on any atom is 0.410 e. The van der Waals surface area contributed by atoms with E-state index in [1.807, 2.05) is 68.1 Å². The number of ether oxygens (including phenoxy) is 1. The Morgan fingerprint density at radius 1 is 1.00 bits per heavy atom. The zero-order valence-corrected chi connectivity index (χ0v) is 33.8. The molecule has 0 radical (unpaired) electrons. The molecular formula is C40H52ClN5O5Si. The number of hydrogen-bond donors (Lipinski definition) is 0. The molecule has 2 aromatic carbocycles. The Balaban J connectivity index is 1.38. The number of carbonyl (C=O) groups excluding carboxylic acids is 2. The third-order valence-electron chi connectivity index (χ3n) is 10.3. The molecule has 0 unspecified atom stereocenters. The monoisotopic (exact) mass is 745 g/mol. The number of likely N-dealkylation sites (tertiary alicyclic amines) is 1. The van der Waals surface area contributed by atoms with Crippen molar-refractivity contribution in [3.05, 3.63) is 105 Å². The lowest BCUT2D eigenvalue weighted by atomic mass is 10.0. The van der Waals surface area contributed by atoms with Gasteiger partial charge in [-0.15, -0.1) is 0 Å². The number of pyridine rings is 1. The van der Waals surface area contributed by atoms with Gasteiger partial charge >= 0.3 is 6.09 Å². The van der Waals surface area contributed by atoms with Crippen molar-refractivity contribution in [3.63, 3.8) is 0 Å². The van der Waals surface area contributed by atoms with Gasteiger partial charge in [-0.25, -0.2) is 14.8 Å². The fraction of sp³-hybridized carbons (Fsp3) is 0.475. The second kappa shape index (κ2) is 15.1. The molecule has 0 spiro atoms. The molecule has 0 saturated carbocycles. The highest BCUT2D eigenvalue weighted by molar-refractivity contribution is 6.74. The number of benzene rings is 2. The van der Waals surface area contributed by atoms with Gasteiger partial charge < -0.3 is 14.1 Å². The van der Waals surface area contributed by atoms with E-state index in [1.165, 1.54) is 4.57 Å². The quantitative estimate of drug-likeness (QED) is 0.125.